The highest BCUT2D eigenvalue weighted by atomic mass is 127. The van der Waals surface area contributed by atoms with Crippen molar-refractivity contribution in [2.24, 2.45) is 10.9 Å². The first-order valence-corrected chi connectivity index (χ1v) is 11.2. The Bertz CT molecular complexity index is 489. The van der Waals surface area contributed by atoms with Gasteiger partial charge >= 0.3 is 6.09 Å². The van der Waals surface area contributed by atoms with Gasteiger partial charge in [-0.15, -0.1) is 24.0 Å². The molecule has 0 bridgehead atoms. The number of piperidine rings is 1. The Morgan fingerprint density at radius 3 is 2.34 bits per heavy atom. The maximum atomic E-state index is 11.9. The largest absolute Gasteiger partial charge is 0.450 e. The zero-order chi connectivity index (χ0) is 20.4. The highest BCUT2D eigenvalue weighted by molar-refractivity contribution is 14.0. The van der Waals surface area contributed by atoms with Crippen LogP contribution in [0.3, 0.4) is 0 Å². The summed E-state index contributed by atoms with van der Waals surface area (Å²) in [6.07, 6.45) is 8.40. The molecule has 7 nitrogen and oxygen atoms in total. The quantitative estimate of drug-likeness (QED) is 0.305. The molecule has 2 N–H and O–H groups in total. The van der Waals surface area contributed by atoms with E-state index in [2.05, 4.69) is 36.6 Å². The number of amides is 1. The molecular formula is C21H42IN5O2. The SMILES string of the molecule is CCNC(=NCC(C1CCCCC1)N(C)C)NC1CCN(C(=O)OCC)CC1.I. The fraction of sp³-hybridized carbons (Fsp3) is 0.905. The second-order valence-electron chi connectivity index (χ2n) is 8.25. The van der Waals surface area contributed by atoms with Crippen molar-refractivity contribution in [3.05, 3.63) is 0 Å². The summed E-state index contributed by atoms with van der Waals surface area (Å²) in [6, 6.07) is 0.845. The molecule has 0 aromatic heterocycles. The van der Waals surface area contributed by atoms with Crippen molar-refractivity contribution in [3.63, 3.8) is 0 Å². The number of hydrogen-bond acceptors (Lipinski definition) is 4. The standard InChI is InChI=1S/C21H41N5O2.HI/c1-5-22-20(23-16-19(25(3)4)17-10-8-7-9-11-17)24-18-12-14-26(15-13-18)21(27)28-6-2;/h17-19H,5-16H2,1-4H3,(H2,22,23,24);1H. The number of likely N-dealkylation sites (tertiary alicyclic amines) is 1. The zero-order valence-corrected chi connectivity index (χ0v) is 21.1. The fourth-order valence-electron chi connectivity index (χ4n) is 4.37. The summed E-state index contributed by atoms with van der Waals surface area (Å²) in [4.78, 5) is 20.9. The Kier molecular flexibility index (Phi) is 12.9. The lowest BCUT2D eigenvalue weighted by molar-refractivity contribution is 0.0963. The van der Waals surface area contributed by atoms with Gasteiger partial charge in [0.2, 0.25) is 0 Å². The van der Waals surface area contributed by atoms with Gasteiger partial charge in [-0.1, -0.05) is 19.3 Å². The monoisotopic (exact) mass is 523 g/mol. The summed E-state index contributed by atoms with van der Waals surface area (Å²) in [5.41, 5.74) is 0. The Balaban J connectivity index is 0.00000420. The van der Waals surface area contributed by atoms with Crippen LogP contribution in [0.2, 0.25) is 0 Å². The topological polar surface area (TPSA) is 69.2 Å². The number of hydrogen-bond donors (Lipinski definition) is 2. The zero-order valence-electron chi connectivity index (χ0n) is 18.8. The summed E-state index contributed by atoms with van der Waals surface area (Å²) in [7, 11) is 4.36. The van der Waals surface area contributed by atoms with E-state index in [0.29, 0.717) is 18.7 Å². The minimum absolute atomic E-state index is 0. The van der Waals surface area contributed by atoms with Crippen LogP contribution in [0, 0.1) is 5.92 Å². The van der Waals surface area contributed by atoms with E-state index in [9.17, 15) is 4.79 Å². The van der Waals surface area contributed by atoms with Crippen molar-refractivity contribution < 1.29 is 9.53 Å². The van der Waals surface area contributed by atoms with Gasteiger partial charge in [0.25, 0.3) is 0 Å². The van der Waals surface area contributed by atoms with E-state index < -0.39 is 0 Å². The van der Waals surface area contributed by atoms with Crippen LogP contribution in [0.1, 0.15) is 58.8 Å². The first-order valence-electron chi connectivity index (χ1n) is 11.2. The Labute approximate surface area is 194 Å². The number of carbonyl (C=O) groups is 1. The molecule has 2 rings (SSSR count). The van der Waals surface area contributed by atoms with E-state index in [0.717, 1.165) is 50.9 Å². The molecule has 0 spiro atoms. The second-order valence-corrected chi connectivity index (χ2v) is 8.25. The molecule has 1 aliphatic heterocycles. The lowest BCUT2D eigenvalue weighted by Gasteiger charge is -2.34. The van der Waals surface area contributed by atoms with Gasteiger partial charge in [-0.3, -0.25) is 4.99 Å². The second kappa shape index (κ2) is 14.3. The molecule has 2 fully saturated rings. The number of halogens is 1. The van der Waals surface area contributed by atoms with Crippen molar-refractivity contribution in [1.29, 1.82) is 0 Å². The molecular weight excluding hydrogens is 481 g/mol. The number of likely N-dealkylation sites (N-methyl/N-ethyl adjacent to an activating group) is 1. The molecule has 1 saturated heterocycles. The molecule has 2 aliphatic rings. The minimum Gasteiger partial charge on any atom is -0.450 e. The lowest BCUT2D eigenvalue weighted by Crippen LogP contribution is -2.50. The molecule has 1 aliphatic carbocycles. The molecule has 1 unspecified atom stereocenters. The van der Waals surface area contributed by atoms with Crippen molar-refractivity contribution >= 4 is 36.0 Å². The van der Waals surface area contributed by atoms with Crippen LogP contribution >= 0.6 is 24.0 Å². The van der Waals surface area contributed by atoms with E-state index in [4.69, 9.17) is 9.73 Å². The van der Waals surface area contributed by atoms with Crippen LogP contribution in [-0.4, -0.2) is 80.8 Å². The van der Waals surface area contributed by atoms with Gasteiger partial charge in [-0.25, -0.2) is 4.79 Å². The van der Waals surface area contributed by atoms with E-state index >= 15 is 0 Å². The smallest absolute Gasteiger partial charge is 0.409 e. The summed E-state index contributed by atoms with van der Waals surface area (Å²) in [5, 5.41) is 6.98. The third-order valence-electron chi connectivity index (χ3n) is 6.00. The summed E-state index contributed by atoms with van der Waals surface area (Å²) in [5.74, 6) is 1.66. The Morgan fingerprint density at radius 1 is 1.14 bits per heavy atom. The van der Waals surface area contributed by atoms with Crippen molar-refractivity contribution in [1.82, 2.24) is 20.4 Å². The van der Waals surface area contributed by atoms with Gasteiger partial charge in [-0.05, 0) is 59.5 Å². The van der Waals surface area contributed by atoms with Gasteiger partial charge in [0.15, 0.2) is 5.96 Å². The van der Waals surface area contributed by atoms with Gasteiger partial charge in [-0.2, -0.15) is 0 Å². The van der Waals surface area contributed by atoms with E-state index in [1.54, 1.807) is 4.90 Å². The van der Waals surface area contributed by atoms with E-state index in [1.807, 2.05) is 6.92 Å². The molecule has 1 amide bonds. The number of aliphatic imine (C=N–C) groups is 1. The molecule has 170 valence electrons. The molecule has 1 heterocycles. The number of nitrogens with zero attached hydrogens (tertiary/aromatic N) is 3. The van der Waals surface area contributed by atoms with Crippen LogP contribution in [0.15, 0.2) is 4.99 Å². The summed E-state index contributed by atoms with van der Waals surface area (Å²) < 4.78 is 5.11. The summed E-state index contributed by atoms with van der Waals surface area (Å²) in [6.45, 7) is 7.53. The normalized spacial score (nSPS) is 20.2. The minimum atomic E-state index is -0.192. The van der Waals surface area contributed by atoms with Gasteiger partial charge in [0.05, 0.1) is 13.2 Å². The maximum Gasteiger partial charge on any atom is 0.409 e. The van der Waals surface area contributed by atoms with Gasteiger partial charge < -0.3 is 25.2 Å². The van der Waals surface area contributed by atoms with Crippen LogP contribution in [0.5, 0.6) is 0 Å². The molecule has 1 atom stereocenters. The van der Waals surface area contributed by atoms with Crippen LogP contribution in [-0.2, 0) is 4.74 Å². The number of carbonyl (C=O) groups excluding carboxylic acids is 1. The maximum absolute atomic E-state index is 11.9. The molecule has 0 aromatic rings. The highest BCUT2D eigenvalue weighted by Crippen LogP contribution is 2.28. The first kappa shape index (κ1) is 26.3. The van der Waals surface area contributed by atoms with Crippen molar-refractivity contribution in [2.75, 3.05) is 46.9 Å². The lowest BCUT2D eigenvalue weighted by atomic mass is 9.83. The number of guanidine groups is 1. The highest BCUT2D eigenvalue weighted by Gasteiger charge is 2.26. The average molecular weight is 524 g/mol. The van der Waals surface area contributed by atoms with Crippen molar-refractivity contribution in [2.45, 2.75) is 70.9 Å². The van der Waals surface area contributed by atoms with E-state index in [-0.39, 0.29) is 30.1 Å². The van der Waals surface area contributed by atoms with Crippen LogP contribution in [0.25, 0.3) is 0 Å². The van der Waals surface area contributed by atoms with Gasteiger partial charge in [0, 0.05) is 31.7 Å². The molecule has 29 heavy (non-hydrogen) atoms. The third kappa shape index (κ3) is 8.86. The molecule has 1 saturated carbocycles. The predicted molar refractivity (Wildman–Crippen MR) is 130 cm³/mol. The number of rotatable bonds is 7. The third-order valence-corrected chi connectivity index (χ3v) is 6.00. The van der Waals surface area contributed by atoms with Crippen molar-refractivity contribution in [3.8, 4) is 0 Å². The predicted octanol–water partition coefficient (Wildman–Crippen LogP) is 3.29. The van der Waals surface area contributed by atoms with Crippen LogP contribution < -0.4 is 10.6 Å². The Morgan fingerprint density at radius 2 is 1.79 bits per heavy atom. The fourth-order valence-corrected chi connectivity index (χ4v) is 4.37. The van der Waals surface area contributed by atoms with E-state index in [1.165, 1.54) is 32.1 Å². The summed E-state index contributed by atoms with van der Waals surface area (Å²) >= 11 is 0. The molecule has 0 aromatic carbocycles. The van der Waals surface area contributed by atoms with Crippen LogP contribution in [0.4, 0.5) is 4.79 Å². The Hall–Kier alpha value is -0.770. The number of nitrogens with one attached hydrogen (secondary N) is 2. The molecule has 0 radical (unpaired) electrons. The first-order chi connectivity index (χ1) is 13.5. The molecule has 8 heteroatoms. The van der Waals surface area contributed by atoms with Gasteiger partial charge in [0.1, 0.15) is 0 Å². The number of ether oxygens (including phenoxy) is 1. The average Bonchev–Trinajstić information content (AvgIpc) is 2.69.